The second-order valence-corrected chi connectivity index (χ2v) is 13.9. The van der Waals surface area contributed by atoms with Crippen molar-refractivity contribution in [3.8, 4) is 23.4 Å². The fourth-order valence-electron chi connectivity index (χ4n) is 2.66. The van der Waals surface area contributed by atoms with Gasteiger partial charge in [-0.1, -0.05) is 0 Å². The summed E-state index contributed by atoms with van der Waals surface area (Å²) in [6, 6.07) is 3.95. The first kappa shape index (κ1) is 39.4. The summed E-state index contributed by atoms with van der Waals surface area (Å²) in [5.74, 6) is -0.292. The maximum absolute atomic E-state index is 12.6. The van der Waals surface area contributed by atoms with Gasteiger partial charge in [0.25, 0.3) is 5.91 Å². The van der Waals surface area contributed by atoms with E-state index in [9.17, 15) is 14.3 Å². The van der Waals surface area contributed by atoms with Crippen LogP contribution in [0, 0.1) is 33.5 Å². The largest absolute Gasteiger partial charge is 0.348 e. The molecule has 3 aromatic heterocycles. The van der Waals surface area contributed by atoms with Gasteiger partial charge in [0, 0.05) is 43.3 Å². The fraction of sp³-hybridized carbons (Fsp3) is 0.552. The van der Waals surface area contributed by atoms with Gasteiger partial charge >= 0.3 is 0 Å². The topological polar surface area (TPSA) is 192 Å². The molecule has 3 aromatic rings. The third kappa shape index (κ3) is 11.5. The van der Waals surface area contributed by atoms with E-state index >= 15 is 0 Å². The van der Waals surface area contributed by atoms with Gasteiger partial charge in [0.1, 0.15) is 16.5 Å². The summed E-state index contributed by atoms with van der Waals surface area (Å²) in [6.45, 7) is 18.3. The maximum atomic E-state index is 12.6. The number of carbonyl (C=O) groups excluding carboxylic acids is 1. The number of nitrogens with one attached hydrogen (secondary N) is 2. The zero-order valence-electron chi connectivity index (χ0n) is 26.9. The molecular formula is C29H45ClN10O2S. The number of carbonyl (C=O) groups is 1. The molecule has 0 unspecified atom stereocenters. The van der Waals surface area contributed by atoms with E-state index < -0.39 is 16.4 Å². The Morgan fingerprint density at radius 1 is 1.14 bits per heavy atom. The Bertz CT molecular complexity index is 1490. The van der Waals surface area contributed by atoms with Crippen LogP contribution in [0.4, 0.5) is 0 Å². The van der Waals surface area contributed by atoms with Crippen LogP contribution in [0.3, 0.4) is 0 Å². The van der Waals surface area contributed by atoms with Crippen molar-refractivity contribution >= 4 is 46.7 Å². The molecule has 236 valence electrons. The lowest BCUT2D eigenvalue weighted by Gasteiger charge is -2.25. The van der Waals surface area contributed by atoms with Crippen molar-refractivity contribution < 1.29 is 9.00 Å². The highest BCUT2D eigenvalue weighted by Crippen LogP contribution is 2.23. The van der Waals surface area contributed by atoms with Gasteiger partial charge in [-0.25, -0.2) is 14.2 Å². The molecule has 0 fully saturated rings. The molecule has 0 saturated heterocycles. The van der Waals surface area contributed by atoms with Crippen molar-refractivity contribution in [3.63, 3.8) is 0 Å². The number of halogens is 1. The fourth-order valence-corrected chi connectivity index (χ4v) is 3.17. The Balaban J connectivity index is 0.000000813. The van der Waals surface area contributed by atoms with E-state index in [1.807, 2.05) is 61.7 Å². The van der Waals surface area contributed by atoms with E-state index in [1.165, 1.54) is 0 Å². The molecule has 0 aliphatic heterocycles. The van der Waals surface area contributed by atoms with Crippen molar-refractivity contribution in [2.24, 2.45) is 28.0 Å². The predicted molar refractivity (Wildman–Crippen MR) is 175 cm³/mol. The number of nitrogens with zero attached hydrogens (tertiary/aromatic N) is 7. The Kier molecular flexibility index (Phi) is 14.9. The standard InChI is InChI=1S/C17H19N7O.C6H12N2.C6H13NOS.ClH/c1-10(17(2,3)9-18)22-16(25)12-6-19-15-14(12)23-13(7-20-15)11-5-21-24(4)8-11;1-5(8)6(2,3)4-7;1-5-7-9(8)6(2,3)4;/h5-8,10H,1-4H3,(H,19,20)(H,22,25);5H,8H2,1-3H3;5H,1-4H3;1H/t10-;5-;9-;/m001./s1. The van der Waals surface area contributed by atoms with Crippen LogP contribution in [0.2, 0.25) is 0 Å². The van der Waals surface area contributed by atoms with Crippen LogP contribution < -0.4 is 11.1 Å². The van der Waals surface area contributed by atoms with Crippen molar-refractivity contribution in [2.75, 3.05) is 0 Å². The van der Waals surface area contributed by atoms with Gasteiger partial charge in [-0.15, -0.1) is 12.4 Å². The number of rotatable bonds is 6. The van der Waals surface area contributed by atoms with Crippen LogP contribution >= 0.6 is 12.4 Å². The van der Waals surface area contributed by atoms with Crippen LogP contribution in [-0.2, 0) is 18.0 Å². The Morgan fingerprint density at radius 2 is 1.72 bits per heavy atom. The maximum Gasteiger partial charge on any atom is 0.255 e. The van der Waals surface area contributed by atoms with Crippen molar-refractivity contribution in [3.05, 3.63) is 30.4 Å². The minimum absolute atomic E-state index is 0. The van der Waals surface area contributed by atoms with Gasteiger partial charge in [0.15, 0.2) is 5.65 Å². The van der Waals surface area contributed by atoms with Crippen LogP contribution in [0.1, 0.15) is 79.6 Å². The van der Waals surface area contributed by atoms with Crippen molar-refractivity contribution in [2.45, 2.75) is 86.1 Å². The van der Waals surface area contributed by atoms with E-state index in [-0.39, 0.29) is 40.6 Å². The normalized spacial score (nSPS) is 13.6. The van der Waals surface area contributed by atoms with Gasteiger partial charge in [-0.05, 0) is 69.2 Å². The molecule has 0 spiro atoms. The molecule has 12 nitrogen and oxygen atoms in total. The number of aromatic nitrogens is 5. The quantitative estimate of drug-likeness (QED) is 0.320. The van der Waals surface area contributed by atoms with E-state index in [0.29, 0.717) is 22.4 Å². The molecule has 3 atom stereocenters. The lowest BCUT2D eigenvalue weighted by atomic mass is 9.87. The number of fused-ring (bicyclic) bond motifs is 1. The highest BCUT2D eigenvalue weighted by atomic mass is 35.5. The zero-order valence-corrected chi connectivity index (χ0v) is 28.5. The molecule has 3 heterocycles. The average Bonchev–Trinajstić information content (AvgIpc) is 3.54. The Morgan fingerprint density at radius 3 is 2.12 bits per heavy atom. The molecule has 1 amide bonds. The molecule has 0 aromatic carbocycles. The Labute approximate surface area is 263 Å². The second-order valence-electron chi connectivity index (χ2n) is 11.9. The summed E-state index contributed by atoms with van der Waals surface area (Å²) in [4.78, 5) is 24.5. The molecule has 0 aliphatic carbocycles. The van der Waals surface area contributed by atoms with Crippen molar-refractivity contribution in [1.82, 2.24) is 30.0 Å². The van der Waals surface area contributed by atoms with Crippen LogP contribution in [-0.4, -0.2) is 57.9 Å². The molecule has 43 heavy (non-hydrogen) atoms. The molecule has 0 saturated carbocycles. The summed E-state index contributed by atoms with van der Waals surface area (Å²) in [5.41, 5.74) is 7.29. The number of hydrogen-bond acceptors (Lipinski definition) is 8. The molecule has 0 aliphatic rings. The number of hydrogen-bond donors (Lipinski definition) is 3. The van der Waals surface area contributed by atoms with Crippen LogP contribution in [0.25, 0.3) is 22.4 Å². The number of nitriles is 2. The van der Waals surface area contributed by atoms with Gasteiger partial charge in [-0.2, -0.15) is 20.0 Å². The highest BCUT2D eigenvalue weighted by molar-refractivity contribution is 7.85. The molecule has 4 N–H and O–H groups in total. The van der Waals surface area contributed by atoms with E-state index in [2.05, 4.69) is 41.9 Å². The summed E-state index contributed by atoms with van der Waals surface area (Å²) in [7, 11) is 0.754. The number of amides is 1. The first-order valence-electron chi connectivity index (χ1n) is 13.4. The molecule has 14 heteroatoms. The number of aromatic amines is 1. The smallest absolute Gasteiger partial charge is 0.255 e. The summed E-state index contributed by atoms with van der Waals surface area (Å²) < 4.78 is 16.2. The molecular weight excluding hydrogens is 588 g/mol. The molecule has 0 radical (unpaired) electrons. The van der Waals surface area contributed by atoms with E-state index in [1.54, 1.807) is 50.3 Å². The number of H-pyrrole nitrogens is 1. The highest BCUT2D eigenvalue weighted by Gasteiger charge is 2.28. The summed E-state index contributed by atoms with van der Waals surface area (Å²) >= 11 is 0. The SMILES string of the molecule is CC=N[S@](=O)C(C)(C)C.C[C@H](N)C(C)(C)C#N.C[C@H](NC(=O)c1c[nH]c2ncc(-c3cnn(C)c3)nc12)C(C)(C)C#N.Cl. The van der Waals surface area contributed by atoms with Crippen LogP contribution in [0.15, 0.2) is 29.2 Å². The Hall–Kier alpha value is -3.65. The third-order valence-electron chi connectivity index (χ3n) is 6.50. The van der Waals surface area contributed by atoms with Gasteiger partial charge in [0.2, 0.25) is 0 Å². The van der Waals surface area contributed by atoms with Crippen LogP contribution in [0.5, 0.6) is 0 Å². The second kappa shape index (κ2) is 16.3. The summed E-state index contributed by atoms with van der Waals surface area (Å²) in [5, 5.41) is 24.6. The molecule has 3 rings (SSSR count). The van der Waals surface area contributed by atoms with Gasteiger partial charge < -0.3 is 16.0 Å². The number of aryl methyl sites for hydroxylation is 1. The lowest BCUT2D eigenvalue weighted by Crippen LogP contribution is -2.42. The van der Waals surface area contributed by atoms with E-state index in [0.717, 1.165) is 5.56 Å². The van der Waals surface area contributed by atoms with Gasteiger partial charge in [0.05, 0.1) is 51.4 Å². The average molecular weight is 633 g/mol. The minimum atomic E-state index is -1.07. The zero-order chi connectivity index (χ0) is 32.5. The predicted octanol–water partition coefficient (Wildman–Crippen LogP) is 4.87. The van der Waals surface area contributed by atoms with E-state index in [4.69, 9.17) is 11.0 Å². The van der Waals surface area contributed by atoms with Crippen molar-refractivity contribution in [1.29, 1.82) is 10.5 Å². The molecule has 0 bridgehead atoms. The number of nitrogens with two attached hydrogens (primary N) is 1. The monoisotopic (exact) mass is 632 g/mol. The first-order chi connectivity index (χ1) is 19.3. The third-order valence-corrected chi connectivity index (χ3v) is 7.95. The minimum Gasteiger partial charge on any atom is -0.348 e. The van der Waals surface area contributed by atoms with Gasteiger partial charge in [-0.3, -0.25) is 9.48 Å². The summed E-state index contributed by atoms with van der Waals surface area (Å²) in [6.07, 6.45) is 8.32. The lowest BCUT2D eigenvalue weighted by molar-refractivity contribution is 0.0921. The first-order valence-corrected chi connectivity index (χ1v) is 14.5.